The van der Waals surface area contributed by atoms with Crippen molar-refractivity contribution in [3.05, 3.63) is 196 Å². The standard InChI is InChI=1S/C24H24N6.C22H22.C13H22O3.C12H24.C9H20.C7H16/c1-16-4-10-19(11-5-16)25-22-28-23(26-20-12-6-17(2)7-13-20)30-24(29-22)27-21-14-8-18(3)9-15-21;1-16-4-10-19(11-5-16)22(20-12-6-17(2)7-13-20)21-14-8-18(3)9-15-21;1-4-11-7-10-8-12(5-2,14-11)16-13(6-3,9-10)15-11;1-4-10-7-11(5-2)9-12(6-3)8-10;1-5-9(6-2,7-3)8-4;1-4-7(5-2)6-3/h4-15H,1-3H3,(H3,25,26,27,28,29,30);4-15,22H,1-3H3;10H,4-9H2,1-3H3;10-12H,4-9H2,1-3H3;5-8H2,1-4H3;7H,4-6H2,1-3H3. The summed E-state index contributed by atoms with van der Waals surface area (Å²) in [6.45, 7) is 42.1. The van der Waals surface area contributed by atoms with Gasteiger partial charge in [0, 0.05) is 42.2 Å². The SMILES string of the molecule is CCC(CC)(CC)CC.CCC(CC)CC.CCC12CC3CC(CC)(O1)OC(CC)(C3)O2.CCC1CC(CC)CC(CC)C1.Cc1ccc(C(c2ccc(C)cc2)c2ccc(C)cc2)cc1.Cc1ccc(Nc2nc(Nc3ccc(C)cc3)nc(Nc3ccc(C)cc3)n2)cc1. The maximum atomic E-state index is 6.18. The van der Waals surface area contributed by atoms with Gasteiger partial charge in [-0.1, -0.05) is 297 Å². The second-order valence-corrected chi connectivity index (χ2v) is 28.6. The van der Waals surface area contributed by atoms with Gasteiger partial charge in [-0.25, -0.2) is 0 Å². The molecule has 0 spiro atoms. The van der Waals surface area contributed by atoms with E-state index in [0.717, 1.165) is 85.2 Å². The topological polar surface area (TPSA) is 102 Å². The molecule has 5 heterocycles. The van der Waals surface area contributed by atoms with Crippen molar-refractivity contribution in [1.29, 1.82) is 0 Å². The van der Waals surface area contributed by atoms with E-state index >= 15 is 0 Å². The Labute approximate surface area is 584 Å². The first kappa shape index (κ1) is 78.6. The van der Waals surface area contributed by atoms with Crippen LogP contribution in [0, 0.1) is 76.5 Å². The van der Waals surface area contributed by atoms with Gasteiger partial charge in [0.15, 0.2) is 17.4 Å². The van der Waals surface area contributed by atoms with Crippen LogP contribution in [-0.2, 0) is 14.2 Å². The Hall–Kier alpha value is -6.39. The Morgan fingerprint density at radius 3 is 0.760 bits per heavy atom. The van der Waals surface area contributed by atoms with E-state index in [-0.39, 0.29) is 17.4 Å². The van der Waals surface area contributed by atoms with Crippen LogP contribution in [0.25, 0.3) is 0 Å². The van der Waals surface area contributed by atoms with Crippen molar-refractivity contribution in [1.82, 2.24) is 15.0 Å². The molecule has 1 aliphatic carbocycles. The molecule has 6 aromatic carbocycles. The minimum atomic E-state index is -0.356. The number of aryl methyl sites for hydroxylation is 6. The Morgan fingerprint density at radius 2 is 0.583 bits per heavy atom. The molecule has 524 valence electrons. The third-order valence-corrected chi connectivity index (χ3v) is 21.8. The fraction of sp³-hybridized carbons (Fsp3) is 0.552. The second-order valence-electron chi connectivity index (χ2n) is 28.6. The van der Waals surface area contributed by atoms with Crippen LogP contribution >= 0.6 is 0 Å². The van der Waals surface area contributed by atoms with Crippen LogP contribution in [0.3, 0.4) is 0 Å². The van der Waals surface area contributed by atoms with Gasteiger partial charge in [0.05, 0.1) is 0 Å². The van der Waals surface area contributed by atoms with E-state index in [1.807, 2.05) is 72.8 Å². The predicted molar refractivity (Wildman–Crippen MR) is 411 cm³/mol. The first-order chi connectivity index (χ1) is 46.1. The summed E-state index contributed by atoms with van der Waals surface area (Å²) in [6, 6.07) is 50.9. The number of nitrogens with zero attached hydrogens (tertiary/aromatic N) is 3. The van der Waals surface area contributed by atoms with Crippen LogP contribution in [0.1, 0.15) is 268 Å². The van der Waals surface area contributed by atoms with Gasteiger partial charge < -0.3 is 30.2 Å². The van der Waals surface area contributed by atoms with Crippen LogP contribution in [-0.4, -0.2) is 32.3 Å². The van der Waals surface area contributed by atoms with E-state index in [0.29, 0.717) is 29.2 Å². The average molecular weight is 1310 g/mol. The third kappa shape index (κ3) is 23.4. The van der Waals surface area contributed by atoms with Crippen LogP contribution in [0.4, 0.5) is 34.9 Å². The molecule has 0 unspecified atom stereocenters. The van der Waals surface area contributed by atoms with Crippen molar-refractivity contribution in [2.24, 2.45) is 35.0 Å². The lowest BCUT2D eigenvalue weighted by molar-refractivity contribution is -0.555. The van der Waals surface area contributed by atoms with E-state index in [1.165, 1.54) is 134 Å². The molecule has 12 rings (SSSR count). The van der Waals surface area contributed by atoms with Gasteiger partial charge in [-0.15, -0.1) is 0 Å². The molecular formula is C87H128N6O3. The van der Waals surface area contributed by atoms with Gasteiger partial charge in [-0.2, -0.15) is 15.0 Å². The summed E-state index contributed by atoms with van der Waals surface area (Å²) in [6.07, 6.45) is 24.2. The smallest absolute Gasteiger partial charge is 0.233 e. The summed E-state index contributed by atoms with van der Waals surface area (Å²) in [5, 5.41) is 9.78. The predicted octanol–water partition coefficient (Wildman–Crippen LogP) is 25.7. The lowest BCUT2D eigenvalue weighted by Crippen LogP contribution is -2.70. The Bertz CT molecular complexity index is 2910. The fourth-order valence-corrected chi connectivity index (χ4v) is 14.5. The van der Waals surface area contributed by atoms with Crippen LogP contribution < -0.4 is 16.0 Å². The number of aromatic nitrogens is 3. The number of anilines is 6. The average Bonchev–Trinajstić information content (AvgIpc) is 0.709. The quantitative estimate of drug-likeness (QED) is 0.0573. The number of benzene rings is 6. The first-order valence-corrected chi connectivity index (χ1v) is 37.7. The van der Waals surface area contributed by atoms with E-state index in [2.05, 4.69) is 235 Å². The highest BCUT2D eigenvalue weighted by Crippen LogP contribution is 2.60. The highest BCUT2D eigenvalue weighted by molar-refractivity contribution is 5.62. The van der Waals surface area contributed by atoms with Crippen LogP contribution in [0.2, 0.25) is 0 Å². The Balaban J connectivity index is 0.000000195. The maximum Gasteiger partial charge on any atom is 0.233 e. The van der Waals surface area contributed by atoms with Crippen LogP contribution in [0.5, 0.6) is 0 Å². The summed E-state index contributed by atoms with van der Waals surface area (Å²) in [5.74, 6) is 5.45. The molecule has 0 amide bonds. The van der Waals surface area contributed by atoms with Crippen molar-refractivity contribution in [2.75, 3.05) is 16.0 Å². The molecular weight excluding hydrogens is 1180 g/mol. The van der Waals surface area contributed by atoms with E-state index in [4.69, 9.17) is 14.2 Å². The summed E-state index contributed by atoms with van der Waals surface area (Å²) in [5.41, 5.74) is 14.9. The van der Waals surface area contributed by atoms with Crippen LogP contribution in [0.15, 0.2) is 146 Å². The molecule has 4 aliphatic heterocycles. The molecule has 4 bridgehead atoms. The van der Waals surface area contributed by atoms with Gasteiger partial charge in [0.25, 0.3) is 0 Å². The monoisotopic (exact) mass is 1310 g/mol. The molecule has 0 atom stereocenters. The van der Waals surface area contributed by atoms with Crippen molar-refractivity contribution < 1.29 is 14.2 Å². The molecule has 5 aliphatic rings. The van der Waals surface area contributed by atoms with E-state index in [9.17, 15) is 0 Å². The van der Waals surface area contributed by atoms with Crippen molar-refractivity contribution >= 4 is 34.9 Å². The number of hydrogen-bond acceptors (Lipinski definition) is 9. The van der Waals surface area contributed by atoms with E-state index < -0.39 is 0 Å². The molecule has 1 saturated carbocycles. The minimum absolute atomic E-state index is 0.293. The number of rotatable bonds is 22. The molecule has 9 heteroatoms. The zero-order valence-electron chi connectivity index (χ0n) is 63.3. The highest BCUT2D eigenvalue weighted by atomic mass is 16.9. The summed E-state index contributed by atoms with van der Waals surface area (Å²) in [7, 11) is 0. The fourth-order valence-electron chi connectivity index (χ4n) is 14.5. The lowest BCUT2D eigenvalue weighted by Gasteiger charge is -2.65. The highest BCUT2D eigenvalue weighted by Gasteiger charge is 2.65. The molecule has 1 aromatic heterocycles. The maximum absolute atomic E-state index is 6.18. The number of ether oxygens (including phenoxy) is 3. The molecule has 9 nitrogen and oxygen atoms in total. The Kier molecular flexibility index (Phi) is 31.7. The zero-order valence-corrected chi connectivity index (χ0v) is 63.3. The van der Waals surface area contributed by atoms with Gasteiger partial charge in [0.1, 0.15) is 0 Å². The Morgan fingerprint density at radius 1 is 0.354 bits per heavy atom. The third-order valence-electron chi connectivity index (χ3n) is 21.8. The summed E-state index contributed by atoms with van der Waals surface area (Å²) in [4.78, 5) is 13.6. The molecule has 5 fully saturated rings. The van der Waals surface area contributed by atoms with Gasteiger partial charge >= 0.3 is 0 Å². The molecule has 7 aromatic rings. The van der Waals surface area contributed by atoms with Gasteiger partial charge in [-0.3, -0.25) is 0 Å². The normalized spacial score (nSPS) is 21.3. The molecule has 3 N–H and O–H groups in total. The summed E-state index contributed by atoms with van der Waals surface area (Å²) >= 11 is 0. The molecule has 4 saturated heterocycles. The molecule has 0 radical (unpaired) electrons. The van der Waals surface area contributed by atoms with Gasteiger partial charge in [-0.05, 0) is 168 Å². The first-order valence-electron chi connectivity index (χ1n) is 37.7. The lowest BCUT2D eigenvalue weighted by atomic mass is 9.72. The summed E-state index contributed by atoms with van der Waals surface area (Å²) < 4.78 is 18.5. The minimum Gasteiger partial charge on any atom is -0.324 e. The largest absolute Gasteiger partial charge is 0.324 e. The second kappa shape index (κ2) is 38.7. The van der Waals surface area contributed by atoms with Crippen molar-refractivity contribution in [3.8, 4) is 0 Å². The van der Waals surface area contributed by atoms with E-state index in [1.54, 1.807) is 0 Å². The number of nitrogens with one attached hydrogen (secondary N) is 3. The number of hydrogen-bond donors (Lipinski definition) is 3. The molecule has 96 heavy (non-hydrogen) atoms. The van der Waals surface area contributed by atoms with Gasteiger partial charge in [0.2, 0.25) is 17.8 Å². The van der Waals surface area contributed by atoms with Crippen molar-refractivity contribution in [2.45, 2.75) is 277 Å². The van der Waals surface area contributed by atoms with Crippen molar-refractivity contribution in [3.63, 3.8) is 0 Å². The zero-order chi connectivity index (χ0) is 69.9.